The molecule has 0 fully saturated rings. The highest BCUT2D eigenvalue weighted by Crippen LogP contribution is 2.19. The van der Waals surface area contributed by atoms with Crippen molar-refractivity contribution in [2.45, 2.75) is 32.2 Å². The maximum atomic E-state index is 12.1. The number of rotatable bonds is 8. The summed E-state index contributed by atoms with van der Waals surface area (Å²) in [6.45, 7) is 4.36. The van der Waals surface area contributed by atoms with Gasteiger partial charge in [-0.3, -0.25) is 14.0 Å². The molecule has 1 aromatic carbocycles. The largest absolute Gasteiger partial charge is 0.491 e. The summed E-state index contributed by atoms with van der Waals surface area (Å²) < 4.78 is 7.28. The van der Waals surface area contributed by atoms with Crippen molar-refractivity contribution in [1.29, 1.82) is 0 Å². The zero-order valence-corrected chi connectivity index (χ0v) is 16.8. The second kappa shape index (κ2) is 9.05. The molecule has 1 amide bonds. The molecule has 0 atom stereocenters. The zero-order chi connectivity index (χ0) is 19.2. The van der Waals surface area contributed by atoms with Gasteiger partial charge in [0.2, 0.25) is 5.91 Å². The number of nitrogens with zero attached hydrogens (tertiary/aromatic N) is 2. The minimum absolute atomic E-state index is 0.0618. The Kier molecular flexibility index (Phi) is 6.52. The van der Waals surface area contributed by atoms with Gasteiger partial charge in [0.15, 0.2) is 4.96 Å². The predicted molar refractivity (Wildman–Crippen MR) is 110 cm³/mol. The molecule has 0 saturated carbocycles. The van der Waals surface area contributed by atoms with E-state index in [0.29, 0.717) is 28.7 Å². The van der Waals surface area contributed by atoms with E-state index in [1.807, 2.05) is 43.5 Å². The SMILES string of the molecule is CC(C)Oc1ccccc1CNC(=O)CSCc1cc(=O)n2ccsc2n1. The Morgan fingerprint density at radius 1 is 1.37 bits per heavy atom. The first-order chi connectivity index (χ1) is 13.0. The van der Waals surface area contributed by atoms with Gasteiger partial charge in [0, 0.05) is 35.5 Å². The van der Waals surface area contributed by atoms with E-state index in [1.54, 1.807) is 6.20 Å². The molecule has 2 heterocycles. The monoisotopic (exact) mass is 403 g/mol. The number of thiazole rings is 1. The van der Waals surface area contributed by atoms with Crippen LogP contribution in [0.4, 0.5) is 0 Å². The van der Waals surface area contributed by atoms with Crippen LogP contribution in [0.1, 0.15) is 25.1 Å². The highest BCUT2D eigenvalue weighted by atomic mass is 32.2. The third kappa shape index (κ3) is 5.33. The highest BCUT2D eigenvalue weighted by molar-refractivity contribution is 7.99. The fraction of sp³-hybridized carbons (Fsp3) is 0.316. The molecule has 0 saturated heterocycles. The molecule has 0 unspecified atom stereocenters. The first kappa shape index (κ1) is 19.4. The lowest BCUT2D eigenvalue weighted by atomic mass is 10.2. The van der Waals surface area contributed by atoms with E-state index >= 15 is 0 Å². The molecule has 1 N–H and O–H groups in total. The number of aromatic nitrogens is 2. The van der Waals surface area contributed by atoms with Gasteiger partial charge in [-0.2, -0.15) is 0 Å². The average Bonchev–Trinajstić information content (AvgIpc) is 3.10. The van der Waals surface area contributed by atoms with Crippen molar-refractivity contribution in [3.05, 3.63) is 63.5 Å². The summed E-state index contributed by atoms with van der Waals surface area (Å²) in [7, 11) is 0. The summed E-state index contributed by atoms with van der Waals surface area (Å²) in [4.78, 5) is 29.2. The topological polar surface area (TPSA) is 72.7 Å². The minimum atomic E-state index is -0.0944. The lowest BCUT2D eigenvalue weighted by molar-refractivity contribution is -0.118. The van der Waals surface area contributed by atoms with Gasteiger partial charge in [-0.25, -0.2) is 4.98 Å². The molecule has 0 bridgehead atoms. The second-order valence-electron chi connectivity index (χ2n) is 6.19. The predicted octanol–water partition coefficient (Wildman–Crippen LogP) is 3.09. The molecule has 2 aromatic heterocycles. The maximum Gasteiger partial charge on any atom is 0.258 e. The van der Waals surface area contributed by atoms with Crippen molar-refractivity contribution in [2.75, 3.05) is 5.75 Å². The Morgan fingerprint density at radius 2 is 2.19 bits per heavy atom. The van der Waals surface area contributed by atoms with Crippen molar-refractivity contribution in [3.8, 4) is 5.75 Å². The number of hydrogen-bond donors (Lipinski definition) is 1. The van der Waals surface area contributed by atoms with Crippen LogP contribution in [0, 0.1) is 0 Å². The van der Waals surface area contributed by atoms with Crippen LogP contribution in [-0.2, 0) is 17.1 Å². The zero-order valence-electron chi connectivity index (χ0n) is 15.2. The number of para-hydroxylation sites is 1. The molecule has 0 spiro atoms. The van der Waals surface area contributed by atoms with Crippen molar-refractivity contribution >= 4 is 34.0 Å². The summed E-state index contributed by atoms with van der Waals surface area (Å²) >= 11 is 2.85. The number of carbonyl (C=O) groups is 1. The van der Waals surface area contributed by atoms with Crippen LogP contribution in [0.25, 0.3) is 4.96 Å². The van der Waals surface area contributed by atoms with Gasteiger partial charge in [-0.15, -0.1) is 23.1 Å². The Bertz CT molecular complexity index is 981. The third-order valence-corrected chi connectivity index (χ3v) is 5.37. The summed E-state index contributed by atoms with van der Waals surface area (Å²) in [5.74, 6) is 1.55. The summed E-state index contributed by atoms with van der Waals surface area (Å²) in [6.07, 6.45) is 1.79. The van der Waals surface area contributed by atoms with Gasteiger partial charge in [-0.1, -0.05) is 18.2 Å². The maximum absolute atomic E-state index is 12.1. The smallest absolute Gasteiger partial charge is 0.258 e. The fourth-order valence-corrected chi connectivity index (χ4v) is 3.96. The first-order valence-corrected chi connectivity index (χ1v) is 10.6. The van der Waals surface area contributed by atoms with Crippen molar-refractivity contribution in [3.63, 3.8) is 0 Å². The number of amides is 1. The first-order valence-electron chi connectivity index (χ1n) is 8.57. The molecular weight excluding hydrogens is 382 g/mol. The summed E-state index contributed by atoms with van der Waals surface area (Å²) in [5.41, 5.74) is 1.54. The van der Waals surface area contributed by atoms with Crippen LogP contribution in [0.2, 0.25) is 0 Å². The van der Waals surface area contributed by atoms with E-state index in [9.17, 15) is 9.59 Å². The standard InChI is InChI=1S/C19H21N3O3S2/c1-13(2)25-16-6-4-3-5-14(16)10-20-17(23)12-26-11-15-9-18(24)22-7-8-27-19(22)21-15/h3-9,13H,10-12H2,1-2H3,(H,20,23). The number of thioether (sulfide) groups is 1. The van der Waals surface area contributed by atoms with Gasteiger partial charge in [0.05, 0.1) is 17.6 Å². The molecule has 0 aliphatic carbocycles. The van der Waals surface area contributed by atoms with Crippen LogP contribution >= 0.6 is 23.1 Å². The van der Waals surface area contributed by atoms with Gasteiger partial charge < -0.3 is 10.1 Å². The number of benzene rings is 1. The molecule has 8 heteroatoms. The van der Waals surface area contributed by atoms with E-state index in [0.717, 1.165) is 11.3 Å². The molecular formula is C19H21N3O3S2. The van der Waals surface area contributed by atoms with E-state index in [2.05, 4.69) is 10.3 Å². The van der Waals surface area contributed by atoms with Gasteiger partial charge in [0.25, 0.3) is 5.56 Å². The van der Waals surface area contributed by atoms with E-state index in [1.165, 1.54) is 33.6 Å². The minimum Gasteiger partial charge on any atom is -0.491 e. The molecule has 6 nitrogen and oxygen atoms in total. The lowest BCUT2D eigenvalue weighted by Crippen LogP contribution is -2.25. The second-order valence-corrected chi connectivity index (χ2v) is 8.04. The van der Waals surface area contributed by atoms with E-state index < -0.39 is 0 Å². The van der Waals surface area contributed by atoms with Gasteiger partial charge >= 0.3 is 0 Å². The quantitative estimate of drug-likeness (QED) is 0.626. The third-order valence-electron chi connectivity index (χ3n) is 3.65. The van der Waals surface area contributed by atoms with Crippen LogP contribution < -0.4 is 15.6 Å². The molecule has 142 valence electrons. The van der Waals surface area contributed by atoms with Crippen LogP contribution in [0.5, 0.6) is 5.75 Å². The molecule has 0 aliphatic heterocycles. The number of nitrogens with one attached hydrogen (secondary N) is 1. The van der Waals surface area contributed by atoms with E-state index in [4.69, 9.17) is 4.74 Å². The number of hydrogen-bond acceptors (Lipinski definition) is 6. The van der Waals surface area contributed by atoms with E-state index in [-0.39, 0.29) is 17.6 Å². The van der Waals surface area contributed by atoms with Crippen LogP contribution in [0.3, 0.4) is 0 Å². The van der Waals surface area contributed by atoms with Gasteiger partial charge in [-0.05, 0) is 19.9 Å². The van der Waals surface area contributed by atoms with Crippen LogP contribution in [-0.4, -0.2) is 27.1 Å². The lowest BCUT2D eigenvalue weighted by Gasteiger charge is -2.14. The number of fused-ring (bicyclic) bond motifs is 1. The molecule has 3 aromatic rings. The van der Waals surface area contributed by atoms with Crippen molar-refractivity contribution < 1.29 is 9.53 Å². The van der Waals surface area contributed by atoms with Crippen LogP contribution in [0.15, 0.2) is 46.7 Å². The Morgan fingerprint density at radius 3 is 3.00 bits per heavy atom. The summed E-state index contributed by atoms with van der Waals surface area (Å²) in [5, 5.41) is 4.74. The summed E-state index contributed by atoms with van der Waals surface area (Å²) in [6, 6.07) is 9.21. The Labute approximate surface area is 165 Å². The fourth-order valence-electron chi connectivity index (χ4n) is 2.47. The molecule has 3 rings (SSSR count). The molecule has 27 heavy (non-hydrogen) atoms. The Balaban J connectivity index is 1.49. The number of ether oxygens (including phenoxy) is 1. The average molecular weight is 404 g/mol. The van der Waals surface area contributed by atoms with Crippen molar-refractivity contribution in [1.82, 2.24) is 14.7 Å². The van der Waals surface area contributed by atoms with Crippen molar-refractivity contribution in [2.24, 2.45) is 0 Å². The normalized spacial score (nSPS) is 11.1. The molecule has 0 aliphatic rings. The van der Waals surface area contributed by atoms with Gasteiger partial charge in [0.1, 0.15) is 5.75 Å². The number of carbonyl (C=O) groups excluding carboxylic acids is 1. The molecule has 0 radical (unpaired) electrons. The highest BCUT2D eigenvalue weighted by Gasteiger charge is 2.08. The Hall–Kier alpha value is -2.32.